The van der Waals surface area contributed by atoms with Crippen LogP contribution in [0.3, 0.4) is 0 Å². The molecule has 0 aromatic heterocycles. The fourth-order valence-corrected chi connectivity index (χ4v) is 1.90. The quantitative estimate of drug-likeness (QED) is 0.662. The first kappa shape index (κ1) is 11.0. The van der Waals surface area contributed by atoms with Crippen molar-refractivity contribution in [1.82, 2.24) is 5.32 Å². The molecule has 0 aromatic rings. The molecule has 0 radical (unpaired) electrons. The van der Waals surface area contributed by atoms with Crippen LogP contribution in [0, 0.1) is 5.92 Å². The molecule has 0 heterocycles. The molecule has 0 spiro atoms. The predicted octanol–water partition coefficient (Wildman–Crippen LogP) is 1.93. The molecule has 1 aliphatic rings. The van der Waals surface area contributed by atoms with Crippen LogP contribution in [-0.2, 0) is 0 Å². The first-order valence-electron chi connectivity index (χ1n) is 5.69. The molecule has 0 bridgehead atoms. The third kappa shape index (κ3) is 3.28. The van der Waals surface area contributed by atoms with E-state index in [1.54, 1.807) is 0 Å². The van der Waals surface area contributed by atoms with Gasteiger partial charge in [0.2, 0.25) is 0 Å². The van der Waals surface area contributed by atoms with Gasteiger partial charge >= 0.3 is 0 Å². The van der Waals surface area contributed by atoms with Crippen molar-refractivity contribution in [2.24, 2.45) is 5.92 Å². The zero-order valence-electron chi connectivity index (χ0n) is 8.92. The first-order chi connectivity index (χ1) is 6.27. The van der Waals surface area contributed by atoms with Crippen LogP contribution in [0.15, 0.2) is 0 Å². The molecular formula is C11H23NO. The molecule has 1 aliphatic carbocycles. The van der Waals surface area contributed by atoms with Crippen molar-refractivity contribution in [1.29, 1.82) is 0 Å². The molecule has 0 amide bonds. The fourth-order valence-electron chi connectivity index (χ4n) is 1.90. The van der Waals surface area contributed by atoms with Crippen molar-refractivity contribution in [3.8, 4) is 0 Å². The lowest BCUT2D eigenvalue weighted by molar-refractivity contribution is 0.0942. The number of aliphatic hydroxyl groups excluding tert-OH is 1. The summed E-state index contributed by atoms with van der Waals surface area (Å²) in [6, 6.07) is 0.698. The van der Waals surface area contributed by atoms with E-state index in [4.69, 9.17) is 0 Å². The van der Waals surface area contributed by atoms with E-state index in [-0.39, 0.29) is 6.10 Å². The van der Waals surface area contributed by atoms with Crippen molar-refractivity contribution in [3.63, 3.8) is 0 Å². The molecule has 0 aliphatic heterocycles. The molecule has 1 fully saturated rings. The van der Waals surface area contributed by atoms with Gasteiger partial charge in [0.05, 0.1) is 6.10 Å². The second-order valence-corrected chi connectivity index (χ2v) is 4.18. The molecule has 1 atom stereocenters. The summed E-state index contributed by atoms with van der Waals surface area (Å²) >= 11 is 0. The fraction of sp³-hybridized carbons (Fsp3) is 1.00. The highest BCUT2D eigenvalue weighted by molar-refractivity contribution is 4.78. The zero-order chi connectivity index (χ0) is 9.68. The lowest BCUT2D eigenvalue weighted by atomic mass is 9.91. The van der Waals surface area contributed by atoms with Crippen LogP contribution >= 0.6 is 0 Å². The second kappa shape index (κ2) is 5.61. The molecule has 0 saturated heterocycles. The van der Waals surface area contributed by atoms with Crippen molar-refractivity contribution in [2.75, 3.05) is 6.54 Å². The number of hydrogen-bond donors (Lipinski definition) is 2. The molecule has 1 unspecified atom stereocenters. The average molecular weight is 185 g/mol. The normalized spacial score (nSPS) is 20.3. The van der Waals surface area contributed by atoms with E-state index >= 15 is 0 Å². The lowest BCUT2D eigenvalue weighted by Crippen LogP contribution is -2.41. The highest BCUT2D eigenvalue weighted by Crippen LogP contribution is 2.19. The second-order valence-electron chi connectivity index (χ2n) is 4.18. The minimum absolute atomic E-state index is 0.143. The summed E-state index contributed by atoms with van der Waals surface area (Å²) in [7, 11) is 0. The molecule has 2 N–H and O–H groups in total. The van der Waals surface area contributed by atoms with Crippen LogP contribution in [0.25, 0.3) is 0 Å². The van der Waals surface area contributed by atoms with Crippen LogP contribution in [-0.4, -0.2) is 23.8 Å². The van der Waals surface area contributed by atoms with Gasteiger partial charge in [-0.2, -0.15) is 0 Å². The SMILES string of the molecule is CCC(CC)C(O)CNC1CCC1. The maximum Gasteiger partial charge on any atom is 0.0692 e. The minimum atomic E-state index is -0.143. The third-order valence-corrected chi connectivity index (χ3v) is 3.31. The first-order valence-corrected chi connectivity index (χ1v) is 5.69. The van der Waals surface area contributed by atoms with E-state index in [1.807, 2.05) is 0 Å². The van der Waals surface area contributed by atoms with Crippen LogP contribution in [0.4, 0.5) is 0 Å². The van der Waals surface area contributed by atoms with E-state index in [0.717, 1.165) is 19.4 Å². The number of nitrogens with one attached hydrogen (secondary N) is 1. The smallest absolute Gasteiger partial charge is 0.0692 e. The largest absolute Gasteiger partial charge is 0.392 e. The Labute approximate surface area is 81.7 Å². The summed E-state index contributed by atoms with van der Waals surface area (Å²) in [5, 5.41) is 13.2. The van der Waals surface area contributed by atoms with Gasteiger partial charge in [-0.1, -0.05) is 33.1 Å². The molecule has 1 rings (SSSR count). The van der Waals surface area contributed by atoms with E-state index in [2.05, 4.69) is 19.2 Å². The Morgan fingerprint density at radius 2 is 1.92 bits per heavy atom. The van der Waals surface area contributed by atoms with E-state index in [1.165, 1.54) is 19.3 Å². The topological polar surface area (TPSA) is 32.3 Å². The van der Waals surface area contributed by atoms with Crippen molar-refractivity contribution in [2.45, 2.75) is 58.1 Å². The number of hydrogen-bond acceptors (Lipinski definition) is 2. The van der Waals surface area contributed by atoms with Crippen LogP contribution in [0.2, 0.25) is 0 Å². The molecular weight excluding hydrogens is 162 g/mol. The van der Waals surface area contributed by atoms with Crippen LogP contribution < -0.4 is 5.32 Å². The Morgan fingerprint density at radius 3 is 2.31 bits per heavy atom. The van der Waals surface area contributed by atoms with Crippen molar-refractivity contribution in [3.05, 3.63) is 0 Å². The lowest BCUT2D eigenvalue weighted by Gasteiger charge is -2.29. The summed E-state index contributed by atoms with van der Waals surface area (Å²) in [4.78, 5) is 0. The van der Waals surface area contributed by atoms with Gasteiger partial charge in [0.15, 0.2) is 0 Å². The average Bonchev–Trinajstić information content (AvgIpc) is 2.04. The molecule has 78 valence electrons. The maximum absolute atomic E-state index is 9.81. The van der Waals surface area contributed by atoms with E-state index < -0.39 is 0 Å². The van der Waals surface area contributed by atoms with Gasteiger partial charge in [0.1, 0.15) is 0 Å². The standard InChI is InChI=1S/C11H23NO/c1-3-9(4-2)11(13)8-12-10-6-5-7-10/h9-13H,3-8H2,1-2H3. The Kier molecular flexibility index (Phi) is 4.74. The van der Waals surface area contributed by atoms with Crippen molar-refractivity contribution >= 4 is 0 Å². The Morgan fingerprint density at radius 1 is 1.31 bits per heavy atom. The van der Waals surface area contributed by atoms with E-state index in [0.29, 0.717) is 12.0 Å². The van der Waals surface area contributed by atoms with Gasteiger partial charge in [-0.05, 0) is 18.8 Å². The number of rotatable bonds is 6. The van der Waals surface area contributed by atoms with E-state index in [9.17, 15) is 5.11 Å². The summed E-state index contributed by atoms with van der Waals surface area (Å²) < 4.78 is 0. The zero-order valence-corrected chi connectivity index (χ0v) is 8.92. The number of aliphatic hydroxyl groups is 1. The summed E-state index contributed by atoms with van der Waals surface area (Å²) in [6.45, 7) is 5.10. The molecule has 13 heavy (non-hydrogen) atoms. The summed E-state index contributed by atoms with van der Waals surface area (Å²) in [5.74, 6) is 0.479. The van der Waals surface area contributed by atoms with Gasteiger partial charge in [-0.15, -0.1) is 0 Å². The summed E-state index contributed by atoms with van der Waals surface area (Å²) in [5.41, 5.74) is 0. The van der Waals surface area contributed by atoms with Gasteiger partial charge < -0.3 is 10.4 Å². The van der Waals surface area contributed by atoms with Gasteiger partial charge in [0, 0.05) is 12.6 Å². The highest BCUT2D eigenvalue weighted by atomic mass is 16.3. The highest BCUT2D eigenvalue weighted by Gasteiger charge is 2.20. The third-order valence-electron chi connectivity index (χ3n) is 3.31. The monoisotopic (exact) mass is 185 g/mol. The molecule has 2 nitrogen and oxygen atoms in total. The minimum Gasteiger partial charge on any atom is -0.392 e. The maximum atomic E-state index is 9.81. The van der Waals surface area contributed by atoms with Gasteiger partial charge in [0.25, 0.3) is 0 Å². The molecule has 0 aromatic carbocycles. The molecule has 1 saturated carbocycles. The van der Waals surface area contributed by atoms with Crippen molar-refractivity contribution < 1.29 is 5.11 Å². The van der Waals surface area contributed by atoms with Gasteiger partial charge in [-0.3, -0.25) is 0 Å². The van der Waals surface area contributed by atoms with Gasteiger partial charge in [-0.25, -0.2) is 0 Å². The predicted molar refractivity (Wildman–Crippen MR) is 55.7 cm³/mol. The van der Waals surface area contributed by atoms with Crippen LogP contribution in [0.1, 0.15) is 46.0 Å². The Hall–Kier alpha value is -0.0800. The van der Waals surface area contributed by atoms with Crippen LogP contribution in [0.5, 0.6) is 0 Å². The Balaban J connectivity index is 2.10. The Bertz CT molecular complexity index is 130. The molecule has 2 heteroatoms. The summed E-state index contributed by atoms with van der Waals surface area (Å²) in [6.07, 6.45) is 5.99.